The minimum Gasteiger partial charge on any atom is -0.480 e. The molecule has 0 unspecified atom stereocenters. The maximum absolute atomic E-state index is 12.1. The van der Waals surface area contributed by atoms with Crippen LogP contribution in [-0.4, -0.2) is 30.2 Å². The summed E-state index contributed by atoms with van der Waals surface area (Å²) < 4.78 is 12.1. The van der Waals surface area contributed by atoms with Crippen molar-refractivity contribution in [1.29, 1.82) is 0 Å². The number of hydrazine groups is 1. The summed E-state index contributed by atoms with van der Waals surface area (Å²) in [5.74, 6) is 4.48. The van der Waals surface area contributed by atoms with Crippen molar-refractivity contribution in [1.82, 2.24) is 5.32 Å². The molecule has 0 heterocycles. The predicted molar refractivity (Wildman–Crippen MR) is 89.6 cm³/mol. The molecule has 132 valence electrons. The van der Waals surface area contributed by atoms with Gasteiger partial charge in [0.1, 0.15) is 6.54 Å². The molecule has 0 bridgehead atoms. The number of carbonyl (C=O) groups is 2. The van der Waals surface area contributed by atoms with Gasteiger partial charge in [0.25, 0.3) is 0 Å². The normalized spacial score (nSPS) is 11.2. The van der Waals surface area contributed by atoms with E-state index in [9.17, 15) is 14.0 Å². The van der Waals surface area contributed by atoms with Crippen LogP contribution < -0.4 is 21.9 Å². The molecule has 0 aliphatic rings. The fourth-order valence-electron chi connectivity index (χ4n) is 1.94. The van der Waals surface area contributed by atoms with Crippen molar-refractivity contribution >= 4 is 17.6 Å². The van der Waals surface area contributed by atoms with E-state index in [0.717, 1.165) is 5.56 Å². The Morgan fingerprint density at radius 1 is 1.25 bits per heavy atom. The van der Waals surface area contributed by atoms with E-state index in [1.165, 1.54) is 5.01 Å². The molecule has 6 N–H and O–H groups in total. The molecule has 0 atom stereocenters. The molecule has 1 aromatic rings. The van der Waals surface area contributed by atoms with E-state index in [4.69, 9.17) is 16.7 Å². The Morgan fingerprint density at radius 3 is 2.50 bits per heavy atom. The number of amides is 1. The Bertz CT molecular complexity index is 575. The zero-order valence-corrected chi connectivity index (χ0v) is 13.4. The highest BCUT2D eigenvalue weighted by Crippen LogP contribution is 2.15. The molecule has 0 saturated carbocycles. The number of carbonyl (C=O) groups excluding carboxylic acids is 1. The lowest BCUT2D eigenvalue weighted by molar-refractivity contribution is -0.137. The number of nitrogens with one attached hydrogen (secondary N) is 1. The van der Waals surface area contributed by atoms with Gasteiger partial charge in [-0.15, -0.1) is 0 Å². The summed E-state index contributed by atoms with van der Waals surface area (Å²) in [6, 6.07) is 7.21. The number of anilines is 1. The molecule has 24 heavy (non-hydrogen) atoms. The molecule has 7 nitrogen and oxygen atoms in total. The second-order valence-electron chi connectivity index (χ2n) is 5.24. The fraction of sp³-hybridized carbons (Fsp3) is 0.375. The Hall–Kier alpha value is -2.61. The number of aliphatic carboxylic acids is 1. The van der Waals surface area contributed by atoms with Gasteiger partial charge in [-0.3, -0.25) is 19.0 Å². The van der Waals surface area contributed by atoms with Gasteiger partial charge >= 0.3 is 5.97 Å². The molecule has 0 spiro atoms. The highest BCUT2D eigenvalue weighted by atomic mass is 19.1. The summed E-state index contributed by atoms with van der Waals surface area (Å²) in [7, 11) is 0. The SMILES string of the molecule is N/C(=C\N(N)c1ccc(CCC(=O)NCC(=O)O)cc1)CCCF. The number of aryl methyl sites for hydroxylation is 1. The molecule has 0 aliphatic carbocycles. The van der Waals surface area contributed by atoms with E-state index in [1.807, 2.05) is 12.1 Å². The Morgan fingerprint density at radius 2 is 1.92 bits per heavy atom. The minimum atomic E-state index is -1.07. The van der Waals surface area contributed by atoms with E-state index in [1.54, 1.807) is 18.3 Å². The van der Waals surface area contributed by atoms with Crippen molar-refractivity contribution in [2.24, 2.45) is 11.6 Å². The van der Waals surface area contributed by atoms with Crippen molar-refractivity contribution in [3.05, 3.63) is 41.7 Å². The molecule has 1 rings (SSSR count). The molecule has 0 aromatic heterocycles. The van der Waals surface area contributed by atoms with Gasteiger partial charge in [-0.1, -0.05) is 12.1 Å². The number of carboxylic acid groups (broad SMARTS) is 1. The lowest BCUT2D eigenvalue weighted by Crippen LogP contribution is -2.29. The first-order valence-corrected chi connectivity index (χ1v) is 7.56. The fourth-order valence-corrected chi connectivity index (χ4v) is 1.94. The topological polar surface area (TPSA) is 122 Å². The van der Waals surface area contributed by atoms with Gasteiger partial charge in [0.05, 0.1) is 12.4 Å². The maximum Gasteiger partial charge on any atom is 0.322 e. The summed E-state index contributed by atoms with van der Waals surface area (Å²) in [5, 5.41) is 12.1. The van der Waals surface area contributed by atoms with E-state index in [2.05, 4.69) is 5.32 Å². The number of nitrogens with zero attached hydrogens (tertiary/aromatic N) is 1. The zero-order valence-electron chi connectivity index (χ0n) is 13.4. The predicted octanol–water partition coefficient (Wildman–Crippen LogP) is 1.05. The zero-order chi connectivity index (χ0) is 17.9. The van der Waals surface area contributed by atoms with E-state index in [-0.39, 0.29) is 18.9 Å². The van der Waals surface area contributed by atoms with Gasteiger partial charge in [0, 0.05) is 18.3 Å². The van der Waals surface area contributed by atoms with Crippen LogP contribution in [-0.2, 0) is 16.0 Å². The van der Waals surface area contributed by atoms with Gasteiger partial charge in [-0.05, 0) is 37.0 Å². The van der Waals surface area contributed by atoms with Crippen LogP contribution in [0.3, 0.4) is 0 Å². The van der Waals surface area contributed by atoms with Crippen LogP contribution in [0, 0.1) is 0 Å². The van der Waals surface area contributed by atoms with E-state index in [0.29, 0.717) is 30.6 Å². The standard InChI is InChI=1S/C16H23FN4O3/c17-9-1-2-13(18)11-21(19)14-6-3-12(4-7-14)5-8-15(22)20-10-16(23)24/h3-4,6-7,11H,1-2,5,8-10,18-19H2,(H,20,22)(H,23,24)/b13-11-. The van der Waals surface area contributed by atoms with Crippen LogP contribution in [0.5, 0.6) is 0 Å². The van der Waals surface area contributed by atoms with Crippen molar-refractivity contribution in [3.8, 4) is 0 Å². The first-order chi connectivity index (χ1) is 11.4. The number of hydrogen-bond acceptors (Lipinski definition) is 5. The van der Waals surface area contributed by atoms with Crippen LogP contribution in [0.1, 0.15) is 24.8 Å². The van der Waals surface area contributed by atoms with Crippen molar-refractivity contribution in [3.63, 3.8) is 0 Å². The average Bonchev–Trinajstić information content (AvgIpc) is 2.56. The number of rotatable bonds is 10. The number of halogens is 1. The summed E-state index contributed by atoms with van der Waals surface area (Å²) in [6.07, 6.45) is 3.04. The Balaban J connectivity index is 2.50. The summed E-state index contributed by atoms with van der Waals surface area (Å²) in [5.41, 5.74) is 7.87. The number of allylic oxidation sites excluding steroid dienone is 1. The van der Waals surface area contributed by atoms with Crippen molar-refractivity contribution < 1.29 is 19.1 Å². The number of benzene rings is 1. The largest absolute Gasteiger partial charge is 0.480 e. The highest BCUT2D eigenvalue weighted by Gasteiger charge is 2.05. The van der Waals surface area contributed by atoms with Crippen LogP contribution in [0.25, 0.3) is 0 Å². The summed E-state index contributed by atoms with van der Waals surface area (Å²) >= 11 is 0. The molecular formula is C16H23FN4O3. The number of nitrogens with two attached hydrogens (primary N) is 2. The molecule has 1 amide bonds. The second-order valence-corrected chi connectivity index (χ2v) is 5.24. The van der Waals surface area contributed by atoms with Crippen molar-refractivity contribution in [2.75, 3.05) is 18.2 Å². The lowest BCUT2D eigenvalue weighted by atomic mass is 10.1. The first kappa shape index (κ1) is 19.4. The average molecular weight is 338 g/mol. The van der Waals surface area contributed by atoms with Crippen LogP contribution >= 0.6 is 0 Å². The maximum atomic E-state index is 12.1. The summed E-state index contributed by atoms with van der Waals surface area (Å²) in [4.78, 5) is 21.8. The lowest BCUT2D eigenvalue weighted by Gasteiger charge is -2.15. The van der Waals surface area contributed by atoms with Gasteiger partial charge in [0.15, 0.2) is 0 Å². The quantitative estimate of drug-likeness (QED) is 0.374. The molecule has 1 aromatic carbocycles. The first-order valence-electron chi connectivity index (χ1n) is 7.56. The van der Waals surface area contributed by atoms with Crippen LogP contribution in [0.2, 0.25) is 0 Å². The number of carboxylic acids is 1. The van der Waals surface area contributed by atoms with E-state index < -0.39 is 12.6 Å². The third-order valence-corrected chi connectivity index (χ3v) is 3.22. The van der Waals surface area contributed by atoms with Gasteiger partial charge < -0.3 is 16.2 Å². The van der Waals surface area contributed by atoms with Gasteiger partial charge in [-0.25, -0.2) is 5.84 Å². The molecule has 8 heteroatoms. The Labute approximate surface area is 140 Å². The van der Waals surface area contributed by atoms with Gasteiger partial charge in [-0.2, -0.15) is 0 Å². The number of hydrogen-bond donors (Lipinski definition) is 4. The second kappa shape index (κ2) is 10.2. The molecule has 0 aliphatic heterocycles. The monoisotopic (exact) mass is 338 g/mol. The van der Waals surface area contributed by atoms with Crippen LogP contribution in [0.15, 0.2) is 36.2 Å². The minimum absolute atomic E-state index is 0.203. The van der Waals surface area contributed by atoms with Gasteiger partial charge in [0.2, 0.25) is 5.91 Å². The molecular weight excluding hydrogens is 315 g/mol. The van der Waals surface area contributed by atoms with Crippen LogP contribution in [0.4, 0.5) is 10.1 Å². The molecule has 0 radical (unpaired) electrons. The summed E-state index contributed by atoms with van der Waals surface area (Å²) in [6.45, 7) is -0.802. The molecule has 0 saturated heterocycles. The third kappa shape index (κ3) is 7.59. The third-order valence-electron chi connectivity index (χ3n) is 3.22. The smallest absolute Gasteiger partial charge is 0.322 e. The molecule has 0 fully saturated rings. The van der Waals surface area contributed by atoms with E-state index >= 15 is 0 Å². The van der Waals surface area contributed by atoms with Crippen molar-refractivity contribution in [2.45, 2.75) is 25.7 Å². The highest BCUT2D eigenvalue weighted by molar-refractivity contribution is 5.81. The number of alkyl halides is 1. The Kier molecular flexibility index (Phi) is 8.28.